The lowest BCUT2D eigenvalue weighted by Crippen LogP contribution is -2.56. The molecule has 1 aromatic heterocycles. The summed E-state index contributed by atoms with van der Waals surface area (Å²) in [5, 5.41) is 0. The number of nitrogens with zero attached hydrogens (tertiary/aromatic N) is 3. The van der Waals surface area contributed by atoms with Gasteiger partial charge in [0.25, 0.3) is 0 Å². The SMILES string of the molecule is CCCCC1CN(c2cccc(C)c2C)C(=O)CN1Cc1c[nH]cn1. The lowest BCUT2D eigenvalue weighted by molar-refractivity contribution is -0.122. The molecule has 1 saturated heterocycles. The summed E-state index contributed by atoms with van der Waals surface area (Å²) in [5.74, 6) is 0.178. The van der Waals surface area contributed by atoms with Crippen molar-refractivity contribution >= 4 is 11.6 Å². The minimum absolute atomic E-state index is 0.178. The zero-order chi connectivity index (χ0) is 17.8. The van der Waals surface area contributed by atoms with Crippen molar-refractivity contribution in [2.45, 2.75) is 52.6 Å². The second-order valence-corrected chi connectivity index (χ2v) is 6.98. The van der Waals surface area contributed by atoms with Gasteiger partial charge in [-0.1, -0.05) is 31.9 Å². The largest absolute Gasteiger partial charge is 0.351 e. The van der Waals surface area contributed by atoms with E-state index in [0.717, 1.165) is 30.9 Å². The molecule has 1 aliphatic rings. The lowest BCUT2D eigenvalue weighted by atomic mass is 10.0. The van der Waals surface area contributed by atoms with Gasteiger partial charge in [0.05, 0.1) is 18.6 Å². The second kappa shape index (κ2) is 7.83. The lowest BCUT2D eigenvalue weighted by Gasteiger charge is -2.41. The Kier molecular flexibility index (Phi) is 5.53. The van der Waals surface area contributed by atoms with Gasteiger partial charge < -0.3 is 9.88 Å². The van der Waals surface area contributed by atoms with E-state index < -0.39 is 0 Å². The molecule has 0 saturated carbocycles. The summed E-state index contributed by atoms with van der Waals surface area (Å²) in [4.78, 5) is 24.5. The van der Waals surface area contributed by atoms with Crippen molar-refractivity contribution in [1.82, 2.24) is 14.9 Å². The standard InChI is InChI=1S/C20H28N4O/c1-4-5-8-18-12-24(19-9-6-7-15(2)16(19)3)20(25)13-23(18)11-17-10-21-14-22-17/h6-7,9-10,14,18H,4-5,8,11-13H2,1-3H3,(H,21,22). The number of hydrogen-bond acceptors (Lipinski definition) is 3. The number of nitrogens with one attached hydrogen (secondary N) is 1. The molecule has 1 amide bonds. The van der Waals surface area contributed by atoms with Crippen LogP contribution in [0, 0.1) is 13.8 Å². The van der Waals surface area contributed by atoms with Gasteiger partial charge in [-0.15, -0.1) is 0 Å². The second-order valence-electron chi connectivity index (χ2n) is 6.98. The van der Waals surface area contributed by atoms with E-state index in [2.05, 4.69) is 47.8 Å². The molecule has 5 nitrogen and oxygen atoms in total. The first kappa shape index (κ1) is 17.7. The number of piperazine rings is 1. The van der Waals surface area contributed by atoms with E-state index in [1.165, 1.54) is 24.0 Å². The monoisotopic (exact) mass is 340 g/mol. The number of benzene rings is 1. The molecule has 1 unspecified atom stereocenters. The molecule has 1 aromatic carbocycles. The van der Waals surface area contributed by atoms with Crippen LogP contribution in [0.5, 0.6) is 0 Å². The predicted octanol–water partition coefficient (Wildman–Crippen LogP) is 3.43. The van der Waals surface area contributed by atoms with Crippen LogP contribution < -0.4 is 4.90 Å². The van der Waals surface area contributed by atoms with Crippen molar-refractivity contribution in [3.05, 3.63) is 47.5 Å². The third kappa shape index (κ3) is 3.93. The number of carbonyl (C=O) groups is 1. The zero-order valence-corrected chi connectivity index (χ0v) is 15.5. The first-order valence-electron chi connectivity index (χ1n) is 9.18. The Labute approximate surface area is 150 Å². The number of rotatable bonds is 6. The summed E-state index contributed by atoms with van der Waals surface area (Å²) in [5.41, 5.74) is 4.49. The summed E-state index contributed by atoms with van der Waals surface area (Å²) in [6, 6.07) is 6.59. The number of aromatic amines is 1. The molecule has 1 atom stereocenters. The fourth-order valence-corrected chi connectivity index (χ4v) is 3.56. The maximum Gasteiger partial charge on any atom is 0.241 e. The smallest absolute Gasteiger partial charge is 0.241 e. The third-order valence-corrected chi connectivity index (χ3v) is 5.23. The predicted molar refractivity (Wildman–Crippen MR) is 101 cm³/mol. The van der Waals surface area contributed by atoms with Gasteiger partial charge in [0, 0.05) is 31.0 Å². The van der Waals surface area contributed by atoms with E-state index >= 15 is 0 Å². The third-order valence-electron chi connectivity index (χ3n) is 5.23. The molecule has 25 heavy (non-hydrogen) atoms. The Morgan fingerprint density at radius 2 is 2.16 bits per heavy atom. The summed E-state index contributed by atoms with van der Waals surface area (Å²) in [6.45, 7) is 8.36. The Bertz CT molecular complexity index is 710. The fourth-order valence-electron chi connectivity index (χ4n) is 3.56. The molecule has 2 heterocycles. The van der Waals surface area contributed by atoms with Crippen LogP contribution in [-0.2, 0) is 11.3 Å². The molecule has 0 radical (unpaired) electrons. The highest BCUT2D eigenvalue weighted by Gasteiger charge is 2.33. The van der Waals surface area contributed by atoms with E-state index in [-0.39, 0.29) is 5.91 Å². The normalized spacial score (nSPS) is 18.8. The van der Waals surface area contributed by atoms with Crippen molar-refractivity contribution < 1.29 is 4.79 Å². The molecular formula is C20H28N4O. The number of carbonyl (C=O) groups excluding carboxylic acids is 1. The zero-order valence-electron chi connectivity index (χ0n) is 15.5. The highest BCUT2D eigenvalue weighted by Crippen LogP contribution is 2.27. The van der Waals surface area contributed by atoms with Gasteiger partial charge >= 0.3 is 0 Å². The quantitative estimate of drug-likeness (QED) is 0.876. The highest BCUT2D eigenvalue weighted by molar-refractivity contribution is 5.96. The maximum absolute atomic E-state index is 12.9. The van der Waals surface area contributed by atoms with Crippen molar-refractivity contribution in [2.75, 3.05) is 18.0 Å². The van der Waals surface area contributed by atoms with Crippen LogP contribution >= 0.6 is 0 Å². The molecular weight excluding hydrogens is 312 g/mol. The van der Waals surface area contributed by atoms with Crippen LogP contribution in [0.1, 0.15) is 43.0 Å². The minimum Gasteiger partial charge on any atom is -0.351 e. The highest BCUT2D eigenvalue weighted by atomic mass is 16.2. The molecule has 0 aliphatic carbocycles. The van der Waals surface area contributed by atoms with E-state index in [1.807, 2.05) is 17.2 Å². The number of anilines is 1. The topological polar surface area (TPSA) is 52.2 Å². The average molecular weight is 340 g/mol. The van der Waals surface area contributed by atoms with Crippen LogP contribution in [0.15, 0.2) is 30.7 Å². The Balaban J connectivity index is 1.82. The number of aryl methyl sites for hydroxylation is 1. The van der Waals surface area contributed by atoms with E-state index in [1.54, 1.807) is 6.33 Å². The van der Waals surface area contributed by atoms with Crippen LogP contribution in [0.3, 0.4) is 0 Å². The van der Waals surface area contributed by atoms with Crippen LogP contribution in [0.25, 0.3) is 0 Å². The molecule has 3 rings (SSSR count). The summed E-state index contributed by atoms with van der Waals surface area (Å²) < 4.78 is 0. The first-order chi connectivity index (χ1) is 12.1. The summed E-state index contributed by atoms with van der Waals surface area (Å²) >= 11 is 0. The van der Waals surface area contributed by atoms with E-state index in [0.29, 0.717) is 12.6 Å². The van der Waals surface area contributed by atoms with Crippen LogP contribution in [0.2, 0.25) is 0 Å². The number of aromatic nitrogens is 2. The number of H-pyrrole nitrogens is 1. The van der Waals surface area contributed by atoms with Gasteiger partial charge in [-0.2, -0.15) is 0 Å². The fraction of sp³-hybridized carbons (Fsp3) is 0.500. The first-order valence-corrected chi connectivity index (χ1v) is 9.18. The number of imidazole rings is 1. The molecule has 134 valence electrons. The van der Waals surface area contributed by atoms with Gasteiger partial charge in [0.1, 0.15) is 0 Å². The van der Waals surface area contributed by atoms with Gasteiger partial charge in [0.15, 0.2) is 0 Å². The number of amides is 1. The van der Waals surface area contributed by atoms with Gasteiger partial charge in [-0.3, -0.25) is 9.69 Å². The van der Waals surface area contributed by atoms with Gasteiger partial charge in [0.2, 0.25) is 5.91 Å². The van der Waals surface area contributed by atoms with Crippen molar-refractivity contribution in [1.29, 1.82) is 0 Å². The molecule has 1 fully saturated rings. The maximum atomic E-state index is 12.9. The Morgan fingerprint density at radius 1 is 1.32 bits per heavy atom. The summed E-state index contributed by atoms with van der Waals surface area (Å²) in [7, 11) is 0. The van der Waals surface area contributed by atoms with E-state index in [4.69, 9.17) is 0 Å². The molecule has 0 bridgehead atoms. The van der Waals surface area contributed by atoms with E-state index in [9.17, 15) is 4.79 Å². The molecule has 1 aliphatic heterocycles. The summed E-state index contributed by atoms with van der Waals surface area (Å²) in [6.07, 6.45) is 7.07. The van der Waals surface area contributed by atoms with Crippen LogP contribution in [0.4, 0.5) is 5.69 Å². The van der Waals surface area contributed by atoms with Crippen molar-refractivity contribution in [3.8, 4) is 0 Å². The minimum atomic E-state index is 0.178. The molecule has 0 spiro atoms. The molecule has 1 N–H and O–H groups in total. The number of hydrogen-bond donors (Lipinski definition) is 1. The average Bonchev–Trinajstić information content (AvgIpc) is 3.10. The van der Waals surface area contributed by atoms with Crippen molar-refractivity contribution in [3.63, 3.8) is 0 Å². The Morgan fingerprint density at radius 3 is 2.88 bits per heavy atom. The molecule has 5 heteroatoms. The number of unbranched alkanes of at least 4 members (excludes halogenated alkanes) is 1. The van der Waals surface area contributed by atoms with Crippen LogP contribution in [-0.4, -0.2) is 39.9 Å². The Hall–Kier alpha value is -2.14. The van der Waals surface area contributed by atoms with Gasteiger partial charge in [-0.05, 0) is 37.5 Å². The van der Waals surface area contributed by atoms with Gasteiger partial charge in [-0.25, -0.2) is 4.98 Å². The van der Waals surface area contributed by atoms with Crippen molar-refractivity contribution in [2.24, 2.45) is 0 Å². The molecule has 2 aromatic rings.